The molecule has 2 aliphatic rings. The zero-order valence-electron chi connectivity index (χ0n) is 19.9. The minimum atomic E-state index is -0.570. The first-order valence-corrected chi connectivity index (χ1v) is 13.0. The number of pyridine rings is 1. The summed E-state index contributed by atoms with van der Waals surface area (Å²) >= 11 is 12.7. The van der Waals surface area contributed by atoms with Crippen molar-refractivity contribution in [3.05, 3.63) is 112 Å². The van der Waals surface area contributed by atoms with Crippen molar-refractivity contribution in [1.82, 2.24) is 9.88 Å². The molecule has 0 radical (unpaired) electrons. The maximum Gasteiger partial charge on any atom is 0.229 e. The number of aromatic nitrogens is 1. The lowest BCUT2D eigenvalue weighted by Gasteiger charge is -2.52. The van der Waals surface area contributed by atoms with Crippen molar-refractivity contribution in [3.8, 4) is 0 Å². The number of likely N-dealkylation sites (tertiary alicyclic amines) is 1. The molecule has 3 aromatic rings. The number of hydrogen-bond donors (Lipinski definition) is 0. The zero-order valence-corrected chi connectivity index (χ0v) is 21.4. The summed E-state index contributed by atoms with van der Waals surface area (Å²) in [7, 11) is 0. The third-order valence-electron chi connectivity index (χ3n) is 7.54. The van der Waals surface area contributed by atoms with Gasteiger partial charge in [0.1, 0.15) is 0 Å². The van der Waals surface area contributed by atoms with Gasteiger partial charge in [-0.05, 0) is 79.1 Å². The summed E-state index contributed by atoms with van der Waals surface area (Å²) in [6.07, 6.45) is 7.22. The first kappa shape index (κ1) is 24.1. The lowest BCUT2D eigenvalue weighted by Crippen LogP contribution is -2.53. The summed E-state index contributed by atoms with van der Waals surface area (Å²) in [6.45, 7) is 6.08. The molecule has 1 aliphatic carbocycles. The molecule has 1 saturated carbocycles. The van der Waals surface area contributed by atoms with Crippen LogP contribution >= 0.6 is 23.2 Å². The van der Waals surface area contributed by atoms with Crippen molar-refractivity contribution in [2.45, 2.75) is 50.6 Å². The molecule has 1 unspecified atom stereocenters. The molecule has 5 heteroatoms. The molecule has 1 aromatic heterocycles. The van der Waals surface area contributed by atoms with Crippen molar-refractivity contribution in [2.24, 2.45) is 11.3 Å². The van der Waals surface area contributed by atoms with Crippen LogP contribution in [-0.4, -0.2) is 15.8 Å². The molecule has 0 bridgehead atoms. The number of piperidine rings is 1. The van der Waals surface area contributed by atoms with Gasteiger partial charge in [-0.15, -0.1) is 6.58 Å². The van der Waals surface area contributed by atoms with Gasteiger partial charge >= 0.3 is 0 Å². The van der Waals surface area contributed by atoms with Crippen molar-refractivity contribution < 1.29 is 4.79 Å². The highest BCUT2D eigenvalue weighted by Gasteiger charge is 2.54. The minimum Gasteiger partial charge on any atom is -0.326 e. The lowest BCUT2D eigenvalue weighted by molar-refractivity contribution is -0.155. The van der Waals surface area contributed by atoms with Gasteiger partial charge in [0.05, 0.1) is 23.2 Å². The normalized spacial score (nSPS) is 25.3. The Morgan fingerprint density at radius 1 is 1.06 bits per heavy atom. The monoisotopic (exact) mass is 504 g/mol. The third-order valence-corrected chi connectivity index (χ3v) is 8.03. The van der Waals surface area contributed by atoms with Gasteiger partial charge in [-0.3, -0.25) is 9.78 Å². The number of nitrogens with zero attached hydrogens (tertiary/aromatic N) is 2. The fourth-order valence-corrected chi connectivity index (χ4v) is 6.09. The second-order valence-electron chi connectivity index (χ2n) is 10.2. The molecule has 1 aliphatic heterocycles. The predicted octanol–water partition coefficient (Wildman–Crippen LogP) is 8.18. The van der Waals surface area contributed by atoms with Crippen LogP contribution in [0.3, 0.4) is 0 Å². The van der Waals surface area contributed by atoms with Crippen LogP contribution in [0.5, 0.6) is 0 Å². The highest BCUT2D eigenvalue weighted by molar-refractivity contribution is 6.30. The first-order chi connectivity index (χ1) is 16.9. The second-order valence-corrected chi connectivity index (χ2v) is 11.0. The lowest BCUT2D eigenvalue weighted by atomic mass is 9.67. The van der Waals surface area contributed by atoms with Gasteiger partial charge in [0.15, 0.2) is 0 Å². The fraction of sp³-hybridized carbons (Fsp3) is 0.333. The average Bonchev–Trinajstić information content (AvgIpc) is 3.69. The first-order valence-electron chi connectivity index (χ1n) is 12.3. The Balaban J connectivity index is 1.72. The maximum absolute atomic E-state index is 14.5. The van der Waals surface area contributed by atoms with Gasteiger partial charge in [-0.25, -0.2) is 0 Å². The van der Waals surface area contributed by atoms with Crippen molar-refractivity contribution in [3.63, 3.8) is 0 Å². The van der Waals surface area contributed by atoms with Gasteiger partial charge in [-0.2, -0.15) is 0 Å². The number of carbonyl (C=O) groups excluding carboxylic acids is 1. The van der Waals surface area contributed by atoms with E-state index in [1.807, 2.05) is 54.7 Å². The molecule has 5 rings (SSSR count). The highest BCUT2D eigenvalue weighted by Crippen LogP contribution is 2.57. The Labute approximate surface area is 217 Å². The molecule has 1 amide bonds. The van der Waals surface area contributed by atoms with Crippen molar-refractivity contribution in [1.29, 1.82) is 0 Å². The standard InChI is InChI=1S/C30H30Cl2N2O/c1-3-16-30(2)19-25(22-7-6-8-24(32)18-22)27(20-12-14-23(31)15-13-20)34(29(30)35)28(21-10-11-21)26-9-4-5-17-33-26/h3-9,12-15,17-18,21,25,27-28H,1,10-11,16,19H2,2H3/t25-,27-,28+,30?/m1/s1. The number of halogens is 2. The number of carbonyl (C=O) groups is 1. The van der Waals surface area contributed by atoms with Crippen LogP contribution < -0.4 is 0 Å². The van der Waals surface area contributed by atoms with Gasteiger partial charge in [0.25, 0.3) is 0 Å². The summed E-state index contributed by atoms with van der Waals surface area (Å²) in [4.78, 5) is 21.4. The van der Waals surface area contributed by atoms with Crippen LogP contribution in [0.1, 0.15) is 67.4 Å². The SMILES string of the molecule is C=CCC1(C)C[C@H](c2cccc(Cl)c2)[C@@H](c2ccc(Cl)cc2)N([C@H](c2ccccn2)C2CC2)C1=O. The molecule has 35 heavy (non-hydrogen) atoms. The Morgan fingerprint density at radius 2 is 1.83 bits per heavy atom. The predicted molar refractivity (Wildman–Crippen MR) is 142 cm³/mol. The Hall–Kier alpha value is -2.62. The molecule has 2 heterocycles. The number of benzene rings is 2. The van der Waals surface area contributed by atoms with Crippen LogP contribution in [0.2, 0.25) is 10.0 Å². The topological polar surface area (TPSA) is 33.2 Å². The van der Waals surface area contributed by atoms with Gasteiger partial charge in [-0.1, -0.05) is 66.5 Å². The van der Waals surface area contributed by atoms with E-state index in [1.165, 1.54) is 0 Å². The van der Waals surface area contributed by atoms with Crippen LogP contribution in [-0.2, 0) is 4.79 Å². The summed E-state index contributed by atoms with van der Waals surface area (Å²) in [5.74, 6) is 0.621. The van der Waals surface area contributed by atoms with Crippen LogP contribution in [0.25, 0.3) is 0 Å². The van der Waals surface area contributed by atoms with Gasteiger partial charge < -0.3 is 4.90 Å². The Kier molecular flexibility index (Phi) is 6.74. The Bertz CT molecular complexity index is 1210. The van der Waals surface area contributed by atoms with E-state index in [-0.39, 0.29) is 23.9 Å². The summed E-state index contributed by atoms with van der Waals surface area (Å²) < 4.78 is 0. The molecular formula is C30H30Cl2N2O. The highest BCUT2D eigenvalue weighted by atomic mass is 35.5. The van der Waals surface area contributed by atoms with Gasteiger partial charge in [0.2, 0.25) is 5.91 Å². The van der Waals surface area contributed by atoms with E-state index in [9.17, 15) is 4.79 Å². The minimum absolute atomic E-state index is 0.0579. The number of rotatable bonds is 7. The van der Waals surface area contributed by atoms with Crippen LogP contribution in [0.15, 0.2) is 85.6 Å². The molecule has 1 saturated heterocycles. The molecule has 0 N–H and O–H groups in total. The molecule has 180 valence electrons. The zero-order chi connectivity index (χ0) is 24.6. The van der Waals surface area contributed by atoms with E-state index in [2.05, 4.69) is 42.7 Å². The summed E-state index contributed by atoms with van der Waals surface area (Å²) in [6, 6.07) is 21.8. The van der Waals surface area contributed by atoms with Crippen molar-refractivity contribution >= 4 is 29.1 Å². The van der Waals surface area contributed by atoms with E-state index < -0.39 is 5.41 Å². The molecular weight excluding hydrogens is 475 g/mol. The smallest absolute Gasteiger partial charge is 0.229 e. The molecule has 3 nitrogen and oxygen atoms in total. The largest absolute Gasteiger partial charge is 0.326 e. The van der Waals surface area contributed by atoms with E-state index in [0.717, 1.165) is 29.7 Å². The van der Waals surface area contributed by atoms with Crippen molar-refractivity contribution in [2.75, 3.05) is 0 Å². The quantitative estimate of drug-likeness (QED) is 0.304. The Morgan fingerprint density at radius 3 is 2.46 bits per heavy atom. The van der Waals surface area contributed by atoms with Gasteiger partial charge in [0, 0.05) is 22.2 Å². The average molecular weight is 505 g/mol. The van der Waals surface area contributed by atoms with E-state index in [0.29, 0.717) is 28.8 Å². The number of allylic oxidation sites excluding steroid dienone is 1. The number of amides is 1. The fourth-order valence-electron chi connectivity index (χ4n) is 5.77. The second kappa shape index (κ2) is 9.79. The van der Waals surface area contributed by atoms with Crippen LogP contribution in [0.4, 0.5) is 0 Å². The maximum atomic E-state index is 14.5. The molecule has 2 fully saturated rings. The van der Waals surface area contributed by atoms with E-state index in [1.54, 1.807) is 0 Å². The molecule has 2 aromatic carbocycles. The number of hydrogen-bond acceptors (Lipinski definition) is 2. The van der Waals surface area contributed by atoms with E-state index in [4.69, 9.17) is 28.2 Å². The molecule has 4 atom stereocenters. The summed E-state index contributed by atoms with van der Waals surface area (Å²) in [5, 5.41) is 1.39. The third kappa shape index (κ3) is 4.77. The van der Waals surface area contributed by atoms with E-state index >= 15 is 0 Å². The summed E-state index contributed by atoms with van der Waals surface area (Å²) in [5.41, 5.74) is 2.60. The van der Waals surface area contributed by atoms with Crippen LogP contribution in [0, 0.1) is 11.3 Å². The molecule has 0 spiro atoms.